The highest BCUT2D eigenvalue weighted by Gasteiger charge is 2.28. The van der Waals surface area contributed by atoms with Crippen LogP contribution in [0.25, 0.3) is 0 Å². The van der Waals surface area contributed by atoms with Crippen LogP contribution < -0.4 is 16.0 Å². The van der Waals surface area contributed by atoms with E-state index in [0.29, 0.717) is 17.7 Å². The van der Waals surface area contributed by atoms with Crippen molar-refractivity contribution in [3.05, 3.63) is 29.8 Å². The number of hydrogen-bond acceptors (Lipinski definition) is 4. The minimum atomic E-state index is -3.03. The van der Waals surface area contributed by atoms with Crippen LogP contribution in [0.2, 0.25) is 0 Å². The van der Waals surface area contributed by atoms with Crippen LogP contribution in [-0.2, 0) is 9.84 Å². The Hall–Kier alpha value is -2.09. The molecule has 0 aromatic heterocycles. The van der Waals surface area contributed by atoms with Crippen molar-refractivity contribution in [2.24, 2.45) is 0 Å². The molecule has 1 aliphatic heterocycles. The molecule has 1 aromatic carbocycles. The maximum absolute atomic E-state index is 12.3. The summed E-state index contributed by atoms with van der Waals surface area (Å²) in [4.78, 5) is 24.2. The molecule has 2 aliphatic rings. The van der Waals surface area contributed by atoms with E-state index in [4.69, 9.17) is 0 Å². The van der Waals surface area contributed by atoms with Gasteiger partial charge < -0.3 is 16.0 Å². The SMILES string of the molecule is O=C(Nc1ccc(C(=O)NC2CCCCC2)cc1)N[C@@H]1CCS(=O)(=O)C1. The summed E-state index contributed by atoms with van der Waals surface area (Å²) in [6, 6.07) is 6.15. The molecule has 0 radical (unpaired) electrons. The molecule has 0 bridgehead atoms. The summed E-state index contributed by atoms with van der Waals surface area (Å²) in [5.41, 5.74) is 1.11. The Labute approximate surface area is 153 Å². The van der Waals surface area contributed by atoms with Crippen molar-refractivity contribution in [2.75, 3.05) is 16.8 Å². The van der Waals surface area contributed by atoms with Gasteiger partial charge in [-0.3, -0.25) is 4.79 Å². The molecular formula is C18H25N3O4S. The summed E-state index contributed by atoms with van der Waals surface area (Å²) < 4.78 is 22.8. The van der Waals surface area contributed by atoms with Crippen LogP contribution in [0.1, 0.15) is 48.9 Å². The summed E-state index contributed by atoms with van der Waals surface area (Å²) in [7, 11) is -3.03. The van der Waals surface area contributed by atoms with E-state index in [2.05, 4.69) is 16.0 Å². The van der Waals surface area contributed by atoms with Gasteiger partial charge in [0.25, 0.3) is 5.91 Å². The van der Waals surface area contributed by atoms with Crippen LogP contribution >= 0.6 is 0 Å². The number of urea groups is 1. The first-order valence-corrected chi connectivity index (χ1v) is 10.9. The van der Waals surface area contributed by atoms with Gasteiger partial charge in [0.05, 0.1) is 11.5 Å². The van der Waals surface area contributed by atoms with Gasteiger partial charge in [-0.1, -0.05) is 19.3 Å². The van der Waals surface area contributed by atoms with Crippen LogP contribution in [0.15, 0.2) is 24.3 Å². The van der Waals surface area contributed by atoms with Gasteiger partial charge >= 0.3 is 6.03 Å². The molecule has 8 heteroatoms. The molecule has 1 aliphatic carbocycles. The molecule has 1 saturated heterocycles. The fourth-order valence-electron chi connectivity index (χ4n) is 3.48. The Kier molecular flexibility index (Phi) is 5.80. The van der Waals surface area contributed by atoms with E-state index in [-0.39, 0.29) is 29.5 Å². The number of benzene rings is 1. The van der Waals surface area contributed by atoms with Gasteiger partial charge in [-0.15, -0.1) is 0 Å². The summed E-state index contributed by atoms with van der Waals surface area (Å²) in [6.07, 6.45) is 6.05. The zero-order chi connectivity index (χ0) is 18.6. The van der Waals surface area contributed by atoms with Crippen LogP contribution in [0.4, 0.5) is 10.5 Å². The van der Waals surface area contributed by atoms with Crippen LogP contribution in [0.3, 0.4) is 0 Å². The average molecular weight is 379 g/mol. The third-order valence-electron chi connectivity index (χ3n) is 4.91. The number of nitrogens with one attached hydrogen (secondary N) is 3. The second kappa shape index (κ2) is 8.07. The lowest BCUT2D eigenvalue weighted by Gasteiger charge is -2.22. The zero-order valence-corrected chi connectivity index (χ0v) is 15.5. The predicted octanol–water partition coefficient (Wildman–Crippen LogP) is 2.06. The maximum atomic E-state index is 12.3. The highest BCUT2D eigenvalue weighted by Crippen LogP contribution is 2.18. The minimum absolute atomic E-state index is 0.0132. The molecule has 1 saturated carbocycles. The minimum Gasteiger partial charge on any atom is -0.349 e. The van der Waals surface area contributed by atoms with Gasteiger partial charge in [-0.05, 0) is 43.5 Å². The molecule has 0 spiro atoms. The average Bonchev–Trinajstić information content (AvgIpc) is 2.94. The number of hydrogen-bond donors (Lipinski definition) is 3. The number of carbonyl (C=O) groups excluding carboxylic acids is 2. The van der Waals surface area contributed by atoms with E-state index in [1.165, 1.54) is 6.42 Å². The predicted molar refractivity (Wildman–Crippen MR) is 100.0 cm³/mol. The molecule has 142 valence electrons. The number of rotatable bonds is 4. The van der Waals surface area contributed by atoms with Crippen molar-refractivity contribution in [3.63, 3.8) is 0 Å². The van der Waals surface area contributed by atoms with Gasteiger partial charge in [0, 0.05) is 23.3 Å². The van der Waals surface area contributed by atoms with Crippen molar-refractivity contribution >= 4 is 27.5 Å². The van der Waals surface area contributed by atoms with Crippen molar-refractivity contribution in [2.45, 2.75) is 50.6 Å². The van der Waals surface area contributed by atoms with E-state index >= 15 is 0 Å². The lowest BCUT2D eigenvalue weighted by atomic mass is 9.95. The Balaban J connectivity index is 1.49. The third kappa shape index (κ3) is 5.20. The zero-order valence-electron chi connectivity index (χ0n) is 14.7. The first kappa shape index (κ1) is 18.7. The molecular weight excluding hydrogens is 354 g/mol. The molecule has 3 rings (SSSR count). The summed E-state index contributed by atoms with van der Waals surface area (Å²) in [5.74, 6) is 0.00718. The maximum Gasteiger partial charge on any atom is 0.319 e. The highest BCUT2D eigenvalue weighted by molar-refractivity contribution is 7.91. The molecule has 1 aromatic rings. The van der Waals surface area contributed by atoms with Crippen LogP contribution in [0.5, 0.6) is 0 Å². The Morgan fingerprint density at radius 3 is 2.19 bits per heavy atom. The van der Waals surface area contributed by atoms with Crippen molar-refractivity contribution in [1.82, 2.24) is 10.6 Å². The molecule has 26 heavy (non-hydrogen) atoms. The number of anilines is 1. The Bertz CT molecular complexity index is 755. The molecule has 1 atom stereocenters. The molecule has 3 N–H and O–H groups in total. The third-order valence-corrected chi connectivity index (χ3v) is 6.68. The number of amides is 3. The molecule has 3 amide bonds. The smallest absolute Gasteiger partial charge is 0.319 e. The van der Waals surface area contributed by atoms with Crippen LogP contribution in [-0.4, -0.2) is 43.9 Å². The van der Waals surface area contributed by atoms with Crippen LogP contribution in [0, 0.1) is 0 Å². The molecule has 0 unspecified atom stereocenters. The monoisotopic (exact) mass is 379 g/mol. The Morgan fingerprint density at radius 1 is 0.885 bits per heavy atom. The van der Waals surface area contributed by atoms with E-state index in [9.17, 15) is 18.0 Å². The normalized spacial score (nSPS) is 22.5. The van der Waals surface area contributed by atoms with Crippen molar-refractivity contribution in [1.29, 1.82) is 0 Å². The van der Waals surface area contributed by atoms with Crippen molar-refractivity contribution < 1.29 is 18.0 Å². The first-order valence-electron chi connectivity index (χ1n) is 9.10. The van der Waals surface area contributed by atoms with Gasteiger partial charge in [0.15, 0.2) is 9.84 Å². The van der Waals surface area contributed by atoms with E-state index in [1.807, 2.05) is 0 Å². The van der Waals surface area contributed by atoms with Crippen molar-refractivity contribution in [3.8, 4) is 0 Å². The first-order chi connectivity index (χ1) is 12.4. The summed E-state index contributed by atoms with van der Waals surface area (Å²) in [6.45, 7) is 0. The van der Waals surface area contributed by atoms with E-state index < -0.39 is 15.9 Å². The second-order valence-corrected chi connectivity index (χ2v) is 9.31. The fourth-order valence-corrected chi connectivity index (χ4v) is 5.16. The molecule has 1 heterocycles. The molecule has 7 nitrogen and oxygen atoms in total. The number of sulfone groups is 1. The largest absolute Gasteiger partial charge is 0.349 e. The summed E-state index contributed by atoms with van der Waals surface area (Å²) >= 11 is 0. The second-order valence-electron chi connectivity index (χ2n) is 7.08. The van der Waals surface area contributed by atoms with Gasteiger partial charge in [0.1, 0.15) is 0 Å². The van der Waals surface area contributed by atoms with Gasteiger partial charge in [-0.2, -0.15) is 0 Å². The summed E-state index contributed by atoms with van der Waals surface area (Å²) in [5, 5.41) is 8.39. The topological polar surface area (TPSA) is 104 Å². The highest BCUT2D eigenvalue weighted by atomic mass is 32.2. The van der Waals surface area contributed by atoms with E-state index in [1.54, 1.807) is 24.3 Å². The fraction of sp³-hybridized carbons (Fsp3) is 0.556. The van der Waals surface area contributed by atoms with E-state index in [0.717, 1.165) is 25.7 Å². The Morgan fingerprint density at radius 2 is 1.58 bits per heavy atom. The lowest BCUT2D eigenvalue weighted by molar-refractivity contribution is 0.0927. The lowest BCUT2D eigenvalue weighted by Crippen LogP contribution is -2.38. The van der Waals surface area contributed by atoms with Gasteiger partial charge in [-0.25, -0.2) is 13.2 Å². The molecule has 2 fully saturated rings. The van der Waals surface area contributed by atoms with Gasteiger partial charge in [0.2, 0.25) is 0 Å². The standard InChI is InChI=1S/C18H25N3O4S/c22-17(19-14-4-2-1-3-5-14)13-6-8-15(9-7-13)20-18(23)21-16-10-11-26(24,25)12-16/h6-9,14,16H,1-5,10-12H2,(H,19,22)(H2,20,21,23)/t16-/m1/s1. The quantitative estimate of drug-likeness (QED) is 0.745. The number of carbonyl (C=O) groups is 2.